The van der Waals surface area contributed by atoms with E-state index in [0.717, 1.165) is 23.3 Å². The van der Waals surface area contributed by atoms with Gasteiger partial charge in [-0.3, -0.25) is 0 Å². The van der Waals surface area contributed by atoms with E-state index in [2.05, 4.69) is 17.4 Å². The Morgan fingerprint density at radius 2 is 2.00 bits per heavy atom. The molecule has 0 bridgehead atoms. The van der Waals surface area contributed by atoms with Crippen molar-refractivity contribution >= 4 is 10.0 Å². The molecule has 5 nitrogen and oxygen atoms in total. The van der Waals surface area contributed by atoms with Crippen LogP contribution in [-0.2, 0) is 10.0 Å². The second-order valence-corrected chi connectivity index (χ2v) is 7.22. The molecule has 1 aromatic rings. The van der Waals surface area contributed by atoms with E-state index in [1.54, 1.807) is 7.11 Å². The quantitative estimate of drug-likeness (QED) is 0.883. The molecular weight excluding hydrogens is 276 g/mol. The van der Waals surface area contributed by atoms with Crippen molar-refractivity contribution in [2.45, 2.75) is 38.0 Å². The lowest BCUT2D eigenvalue weighted by Gasteiger charge is -2.30. The minimum atomic E-state index is -3.46. The van der Waals surface area contributed by atoms with Crippen LogP contribution in [0.5, 0.6) is 5.75 Å². The largest absolute Gasteiger partial charge is 0.496 e. The molecule has 112 valence electrons. The van der Waals surface area contributed by atoms with Crippen molar-refractivity contribution in [1.82, 2.24) is 5.32 Å². The van der Waals surface area contributed by atoms with Crippen LogP contribution in [0.3, 0.4) is 0 Å². The summed E-state index contributed by atoms with van der Waals surface area (Å²) < 4.78 is 28.3. The van der Waals surface area contributed by atoms with E-state index in [-0.39, 0.29) is 6.04 Å². The molecule has 2 rings (SSSR count). The average Bonchev–Trinajstić information content (AvgIpc) is 2.41. The summed E-state index contributed by atoms with van der Waals surface area (Å²) in [5.74, 6) is 0.886. The van der Waals surface area contributed by atoms with Crippen LogP contribution in [-0.4, -0.2) is 27.3 Å². The number of primary sulfonamides is 1. The van der Waals surface area contributed by atoms with E-state index in [0.29, 0.717) is 13.0 Å². The number of methoxy groups -OCH3 is 1. The summed E-state index contributed by atoms with van der Waals surface area (Å²) in [5, 5.41) is 7.99. The van der Waals surface area contributed by atoms with E-state index in [4.69, 9.17) is 9.88 Å². The zero-order valence-electron chi connectivity index (χ0n) is 12.1. The average molecular weight is 298 g/mol. The monoisotopic (exact) mass is 298 g/mol. The first-order valence-corrected chi connectivity index (χ1v) is 8.34. The molecule has 1 aromatic carbocycles. The van der Waals surface area contributed by atoms with Gasteiger partial charge < -0.3 is 10.1 Å². The van der Waals surface area contributed by atoms with Crippen molar-refractivity contribution in [3.8, 4) is 5.75 Å². The Balaban J connectivity index is 2.21. The van der Waals surface area contributed by atoms with Crippen molar-refractivity contribution in [1.29, 1.82) is 0 Å². The Kier molecular flexibility index (Phi) is 4.36. The minimum absolute atomic E-state index is 0.113. The van der Waals surface area contributed by atoms with Crippen LogP contribution in [0.4, 0.5) is 0 Å². The van der Waals surface area contributed by atoms with Gasteiger partial charge in [0, 0.05) is 18.2 Å². The van der Waals surface area contributed by atoms with Gasteiger partial charge >= 0.3 is 0 Å². The molecule has 1 saturated heterocycles. The molecule has 1 aliphatic heterocycles. The summed E-state index contributed by atoms with van der Waals surface area (Å²) in [7, 11) is -1.79. The molecule has 0 radical (unpaired) electrons. The molecule has 1 fully saturated rings. The fraction of sp³-hybridized carbons (Fsp3) is 0.571. The van der Waals surface area contributed by atoms with Gasteiger partial charge in [0.15, 0.2) is 0 Å². The van der Waals surface area contributed by atoms with Crippen molar-refractivity contribution in [3.05, 3.63) is 28.8 Å². The van der Waals surface area contributed by atoms with Gasteiger partial charge in [-0.2, -0.15) is 0 Å². The third-order valence-electron chi connectivity index (χ3n) is 4.12. The first-order chi connectivity index (χ1) is 9.34. The number of ether oxygens (including phenoxy) is 1. The molecule has 0 aliphatic carbocycles. The SMILES string of the molecule is COc1c(C2CCC(S(N)(=O)=O)CN2)ccc(C)c1C. The maximum Gasteiger partial charge on any atom is 0.213 e. The highest BCUT2D eigenvalue weighted by atomic mass is 32.2. The molecule has 1 heterocycles. The van der Waals surface area contributed by atoms with Crippen molar-refractivity contribution in [3.63, 3.8) is 0 Å². The lowest BCUT2D eigenvalue weighted by atomic mass is 9.93. The highest BCUT2D eigenvalue weighted by Gasteiger charge is 2.30. The number of aryl methyl sites for hydroxylation is 1. The second kappa shape index (κ2) is 5.71. The number of nitrogens with one attached hydrogen (secondary N) is 1. The third-order valence-corrected chi connectivity index (χ3v) is 5.45. The number of piperidine rings is 1. The Morgan fingerprint density at radius 3 is 2.50 bits per heavy atom. The van der Waals surface area contributed by atoms with Crippen LogP contribution in [0.25, 0.3) is 0 Å². The van der Waals surface area contributed by atoms with Gasteiger partial charge in [-0.25, -0.2) is 13.6 Å². The first-order valence-electron chi connectivity index (χ1n) is 6.73. The number of nitrogens with two attached hydrogens (primary N) is 1. The molecule has 0 saturated carbocycles. The fourth-order valence-corrected chi connectivity index (χ4v) is 3.53. The Bertz CT molecular complexity index is 591. The standard InChI is InChI=1S/C14H22N2O3S/c1-9-4-6-12(14(19-3)10(9)2)13-7-5-11(8-16-13)20(15,17)18/h4,6,11,13,16H,5,7-8H2,1-3H3,(H2,15,17,18). The van der Waals surface area contributed by atoms with Crippen molar-refractivity contribution in [2.75, 3.05) is 13.7 Å². The van der Waals surface area contributed by atoms with E-state index < -0.39 is 15.3 Å². The van der Waals surface area contributed by atoms with Gasteiger partial charge in [0.1, 0.15) is 5.75 Å². The molecular formula is C14H22N2O3S. The minimum Gasteiger partial charge on any atom is -0.496 e. The molecule has 20 heavy (non-hydrogen) atoms. The van der Waals surface area contributed by atoms with Crippen LogP contribution < -0.4 is 15.2 Å². The molecule has 0 spiro atoms. The summed E-state index contributed by atoms with van der Waals surface area (Å²) in [6.45, 7) is 4.47. The van der Waals surface area contributed by atoms with Crippen LogP contribution in [0, 0.1) is 13.8 Å². The molecule has 1 aliphatic rings. The Morgan fingerprint density at radius 1 is 1.30 bits per heavy atom. The number of rotatable bonds is 3. The zero-order valence-corrected chi connectivity index (χ0v) is 13.0. The Labute approximate surface area is 120 Å². The lowest BCUT2D eigenvalue weighted by molar-refractivity contribution is 0.370. The molecule has 0 amide bonds. The highest BCUT2D eigenvalue weighted by Crippen LogP contribution is 2.34. The summed E-state index contributed by atoms with van der Waals surface area (Å²) in [6.07, 6.45) is 1.31. The van der Waals surface area contributed by atoms with Crippen LogP contribution in [0.15, 0.2) is 12.1 Å². The normalized spacial score (nSPS) is 23.6. The Hall–Kier alpha value is -1.11. The van der Waals surface area contributed by atoms with E-state index in [1.165, 1.54) is 5.56 Å². The summed E-state index contributed by atoms with van der Waals surface area (Å²) in [5.41, 5.74) is 3.40. The lowest BCUT2D eigenvalue weighted by Crippen LogP contribution is -2.43. The maximum absolute atomic E-state index is 11.4. The highest BCUT2D eigenvalue weighted by molar-refractivity contribution is 7.89. The molecule has 3 N–H and O–H groups in total. The zero-order chi connectivity index (χ0) is 14.9. The van der Waals surface area contributed by atoms with Crippen molar-refractivity contribution < 1.29 is 13.2 Å². The van der Waals surface area contributed by atoms with E-state index >= 15 is 0 Å². The van der Waals surface area contributed by atoms with Gasteiger partial charge in [-0.1, -0.05) is 12.1 Å². The van der Waals surface area contributed by atoms with E-state index in [9.17, 15) is 8.42 Å². The van der Waals surface area contributed by atoms with Gasteiger partial charge in [0.2, 0.25) is 10.0 Å². The predicted molar refractivity (Wildman–Crippen MR) is 79.3 cm³/mol. The molecule has 6 heteroatoms. The fourth-order valence-electron chi connectivity index (χ4n) is 2.73. The number of hydrogen-bond donors (Lipinski definition) is 2. The van der Waals surface area contributed by atoms with Gasteiger partial charge in [0.05, 0.1) is 12.4 Å². The van der Waals surface area contributed by atoms with Crippen LogP contribution >= 0.6 is 0 Å². The first kappa shape index (κ1) is 15.3. The maximum atomic E-state index is 11.4. The molecule has 2 unspecified atom stereocenters. The molecule has 2 atom stereocenters. The van der Waals surface area contributed by atoms with E-state index in [1.807, 2.05) is 13.8 Å². The summed E-state index contributed by atoms with van der Waals surface area (Å²) in [6, 6.07) is 4.23. The number of hydrogen-bond acceptors (Lipinski definition) is 4. The van der Waals surface area contributed by atoms with Crippen molar-refractivity contribution in [2.24, 2.45) is 5.14 Å². The van der Waals surface area contributed by atoms with Gasteiger partial charge in [0.25, 0.3) is 0 Å². The summed E-state index contributed by atoms with van der Waals surface area (Å²) >= 11 is 0. The number of sulfonamides is 1. The second-order valence-electron chi connectivity index (χ2n) is 5.38. The van der Waals surface area contributed by atoms with Crippen LogP contribution in [0.2, 0.25) is 0 Å². The van der Waals surface area contributed by atoms with Gasteiger partial charge in [-0.05, 0) is 37.8 Å². The predicted octanol–water partition coefficient (Wildman–Crippen LogP) is 1.39. The topological polar surface area (TPSA) is 81.4 Å². The molecule has 0 aromatic heterocycles. The third kappa shape index (κ3) is 2.97. The number of benzene rings is 1. The van der Waals surface area contributed by atoms with Gasteiger partial charge in [-0.15, -0.1) is 0 Å². The summed E-state index contributed by atoms with van der Waals surface area (Å²) in [4.78, 5) is 0. The van der Waals surface area contributed by atoms with Crippen LogP contribution in [0.1, 0.15) is 35.6 Å². The smallest absolute Gasteiger partial charge is 0.213 e.